The average molecular weight is 500 g/mol. The summed E-state index contributed by atoms with van der Waals surface area (Å²) in [4.78, 5) is 21.2. The molecule has 192 valence electrons. The Kier molecular flexibility index (Phi) is 7.05. The molecule has 2 aromatic carbocycles. The van der Waals surface area contributed by atoms with Crippen molar-refractivity contribution in [1.82, 2.24) is 25.1 Å². The number of hydrogen-bond donors (Lipinski definition) is 3. The molecule has 4 aromatic rings. The first-order valence-corrected chi connectivity index (χ1v) is 12.8. The Bertz CT molecular complexity index is 1360. The van der Waals surface area contributed by atoms with Crippen LogP contribution < -0.4 is 21.5 Å². The molecule has 5 rings (SSSR count). The number of nitrogens with one attached hydrogen (secondary N) is 1. The largest absolute Gasteiger partial charge is 0.457 e. The normalized spacial score (nSPS) is 18.6. The fourth-order valence-corrected chi connectivity index (χ4v) is 4.82. The fraction of sp³-hybridized carbons (Fsp3) is 0.357. The Hall–Kier alpha value is -3.98. The van der Waals surface area contributed by atoms with Crippen LogP contribution in [-0.4, -0.2) is 37.7 Å². The van der Waals surface area contributed by atoms with Gasteiger partial charge in [0, 0.05) is 11.6 Å². The summed E-state index contributed by atoms with van der Waals surface area (Å²) in [6, 6.07) is 17.2. The number of para-hydroxylation sites is 1. The van der Waals surface area contributed by atoms with E-state index in [1.807, 2.05) is 73.1 Å². The van der Waals surface area contributed by atoms with Crippen LogP contribution in [0.5, 0.6) is 11.5 Å². The zero-order valence-electron chi connectivity index (χ0n) is 21.2. The minimum Gasteiger partial charge on any atom is -0.457 e. The Morgan fingerprint density at radius 1 is 1.00 bits per heavy atom. The highest BCUT2D eigenvalue weighted by atomic mass is 16.5. The van der Waals surface area contributed by atoms with Crippen LogP contribution in [-0.2, 0) is 4.79 Å². The van der Waals surface area contributed by atoms with Gasteiger partial charge in [0.25, 0.3) is 0 Å². The van der Waals surface area contributed by atoms with E-state index in [9.17, 15) is 4.79 Å². The van der Waals surface area contributed by atoms with Gasteiger partial charge in [-0.1, -0.05) is 32.0 Å². The van der Waals surface area contributed by atoms with Crippen molar-refractivity contribution in [2.24, 2.45) is 11.7 Å². The van der Waals surface area contributed by atoms with Crippen molar-refractivity contribution in [3.63, 3.8) is 0 Å². The number of hydrogen-bond acceptors (Lipinski definition) is 7. The molecule has 1 atom stereocenters. The zero-order valence-corrected chi connectivity index (χ0v) is 21.2. The van der Waals surface area contributed by atoms with E-state index in [0.717, 1.165) is 59.5 Å². The van der Waals surface area contributed by atoms with Crippen LogP contribution in [0.1, 0.15) is 45.6 Å². The van der Waals surface area contributed by atoms with Crippen LogP contribution in [0.25, 0.3) is 22.3 Å². The molecule has 0 spiro atoms. The first-order valence-electron chi connectivity index (χ1n) is 12.8. The van der Waals surface area contributed by atoms with Crippen LogP contribution >= 0.6 is 0 Å². The highest BCUT2D eigenvalue weighted by Crippen LogP contribution is 2.36. The Morgan fingerprint density at radius 3 is 2.35 bits per heavy atom. The third-order valence-electron chi connectivity index (χ3n) is 7.03. The number of fused-ring (bicyclic) bond motifs is 1. The second-order valence-corrected chi connectivity index (χ2v) is 9.97. The molecule has 1 fully saturated rings. The van der Waals surface area contributed by atoms with Crippen molar-refractivity contribution in [3.05, 3.63) is 60.9 Å². The zero-order chi connectivity index (χ0) is 25.9. The highest BCUT2D eigenvalue weighted by Gasteiger charge is 2.29. The van der Waals surface area contributed by atoms with Gasteiger partial charge in [-0.25, -0.2) is 14.6 Å². The molecule has 2 heterocycles. The molecule has 0 bridgehead atoms. The Labute approximate surface area is 216 Å². The molecule has 0 unspecified atom stereocenters. The third kappa shape index (κ3) is 5.27. The second kappa shape index (κ2) is 10.6. The maximum absolute atomic E-state index is 12.4. The number of ether oxygens (including phenoxy) is 1. The second-order valence-electron chi connectivity index (χ2n) is 9.97. The molecule has 1 saturated carbocycles. The molecule has 2 aromatic heterocycles. The summed E-state index contributed by atoms with van der Waals surface area (Å²) < 4.78 is 7.91. The predicted molar refractivity (Wildman–Crippen MR) is 144 cm³/mol. The van der Waals surface area contributed by atoms with Crippen molar-refractivity contribution in [2.45, 2.75) is 57.7 Å². The lowest BCUT2D eigenvalue weighted by Gasteiger charge is -2.30. The highest BCUT2D eigenvalue weighted by molar-refractivity contribution is 5.98. The van der Waals surface area contributed by atoms with Gasteiger partial charge in [0.15, 0.2) is 5.65 Å². The smallest absolute Gasteiger partial charge is 0.237 e. The standard InChI is InChI=1S/C28H33N7O2/c1-17(2)24(29)28(36)33-19-10-12-20(13-11-19)35-27-23(26(30)31-16-32-27)25(34-35)18-8-14-22(15-9-18)37-21-6-4-3-5-7-21/h3-9,14-17,19-20,24H,10-13,29H2,1-2H3,(H,33,36)(H2,30,31,32)/t19?,20?,24-/m0/s1. The van der Waals surface area contributed by atoms with Gasteiger partial charge in [-0.05, 0) is 68.0 Å². The van der Waals surface area contributed by atoms with E-state index >= 15 is 0 Å². The van der Waals surface area contributed by atoms with E-state index in [1.54, 1.807) is 0 Å². The molecule has 1 aliphatic rings. The third-order valence-corrected chi connectivity index (χ3v) is 7.03. The van der Waals surface area contributed by atoms with Crippen LogP contribution in [0.3, 0.4) is 0 Å². The molecule has 0 saturated heterocycles. The minimum absolute atomic E-state index is 0.0783. The van der Waals surface area contributed by atoms with Gasteiger partial charge < -0.3 is 21.5 Å². The number of carbonyl (C=O) groups excluding carboxylic acids is 1. The number of rotatable bonds is 7. The summed E-state index contributed by atoms with van der Waals surface area (Å²) in [6.45, 7) is 3.91. The molecule has 9 nitrogen and oxygen atoms in total. The number of amides is 1. The van der Waals surface area contributed by atoms with Gasteiger partial charge in [0.05, 0.1) is 17.5 Å². The fourth-order valence-electron chi connectivity index (χ4n) is 4.82. The number of nitrogen functional groups attached to an aromatic ring is 1. The van der Waals surface area contributed by atoms with Crippen LogP contribution in [0.2, 0.25) is 0 Å². The van der Waals surface area contributed by atoms with Gasteiger partial charge in [-0.3, -0.25) is 4.79 Å². The van der Waals surface area contributed by atoms with E-state index in [0.29, 0.717) is 5.82 Å². The lowest BCUT2D eigenvalue weighted by molar-refractivity contribution is -0.124. The van der Waals surface area contributed by atoms with E-state index in [4.69, 9.17) is 21.3 Å². The Morgan fingerprint density at radius 2 is 1.68 bits per heavy atom. The van der Waals surface area contributed by atoms with Crippen molar-refractivity contribution < 1.29 is 9.53 Å². The summed E-state index contributed by atoms with van der Waals surface area (Å²) in [5, 5.41) is 8.85. The molecule has 0 aliphatic heterocycles. The van der Waals surface area contributed by atoms with Crippen molar-refractivity contribution in [1.29, 1.82) is 0 Å². The van der Waals surface area contributed by atoms with Crippen molar-refractivity contribution in [3.8, 4) is 22.8 Å². The van der Waals surface area contributed by atoms with Crippen LogP contribution in [0, 0.1) is 5.92 Å². The van der Waals surface area contributed by atoms with Crippen molar-refractivity contribution in [2.75, 3.05) is 5.73 Å². The minimum atomic E-state index is -0.487. The number of benzene rings is 2. The lowest BCUT2D eigenvalue weighted by Crippen LogP contribution is -2.48. The number of nitrogens with zero attached hydrogens (tertiary/aromatic N) is 4. The molecular formula is C28H33N7O2. The molecule has 1 amide bonds. The van der Waals surface area contributed by atoms with E-state index < -0.39 is 6.04 Å². The summed E-state index contributed by atoms with van der Waals surface area (Å²) in [6.07, 6.45) is 4.92. The first kappa shape index (κ1) is 24.7. The summed E-state index contributed by atoms with van der Waals surface area (Å²) in [7, 11) is 0. The van der Waals surface area contributed by atoms with E-state index in [-0.39, 0.29) is 23.9 Å². The molecule has 0 radical (unpaired) electrons. The van der Waals surface area contributed by atoms with Crippen molar-refractivity contribution >= 4 is 22.8 Å². The van der Waals surface area contributed by atoms with Gasteiger partial charge in [-0.2, -0.15) is 5.10 Å². The lowest BCUT2D eigenvalue weighted by atomic mass is 9.90. The molecule has 9 heteroatoms. The van der Waals surface area contributed by atoms with Gasteiger partial charge in [-0.15, -0.1) is 0 Å². The van der Waals surface area contributed by atoms with E-state index in [1.165, 1.54) is 6.33 Å². The average Bonchev–Trinajstić information content (AvgIpc) is 3.30. The maximum atomic E-state index is 12.4. The first-order chi connectivity index (χ1) is 17.9. The number of aromatic nitrogens is 4. The SMILES string of the molecule is CC(C)[C@H](N)C(=O)NC1CCC(n2nc(-c3ccc(Oc4ccccc4)cc3)c3c(N)ncnc32)CC1. The van der Waals surface area contributed by atoms with Crippen LogP contribution in [0.4, 0.5) is 5.82 Å². The predicted octanol–water partition coefficient (Wildman–Crippen LogP) is 4.45. The molecule has 37 heavy (non-hydrogen) atoms. The van der Waals surface area contributed by atoms with Gasteiger partial charge in [0.2, 0.25) is 5.91 Å². The van der Waals surface area contributed by atoms with E-state index in [2.05, 4.69) is 15.3 Å². The quantitative estimate of drug-likeness (QED) is 0.342. The van der Waals surface area contributed by atoms with Gasteiger partial charge >= 0.3 is 0 Å². The summed E-state index contributed by atoms with van der Waals surface area (Å²) in [5.74, 6) is 1.94. The number of nitrogens with two attached hydrogens (primary N) is 2. The molecule has 5 N–H and O–H groups in total. The van der Waals surface area contributed by atoms with Crippen LogP contribution in [0.15, 0.2) is 60.9 Å². The number of carbonyl (C=O) groups is 1. The monoisotopic (exact) mass is 499 g/mol. The summed E-state index contributed by atoms with van der Waals surface area (Å²) in [5.41, 5.74) is 14.7. The molecular weight excluding hydrogens is 466 g/mol. The maximum Gasteiger partial charge on any atom is 0.237 e. The topological polar surface area (TPSA) is 134 Å². The number of anilines is 1. The van der Waals surface area contributed by atoms with Gasteiger partial charge in [0.1, 0.15) is 29.3 Å². The summed E-state index contributed by atoms with van der Waals surface area (Å²) >= 11 is 0. The molecule has 1 aliphatic carbocycles. The Balaban J connectivity index is 1.35.